The van der Waals surface area contributed by atoms with Gasteiger partial charge in [0, 0.05) is 36.6 Å². The van der Waals surface area contributed by atoms with Crippen LogP contribution in [0.1, 0.15) is 16.7 Å². The number of hydrogen-bond donors (Lipinski definition) is 1. The van der Waals surface area contributed by atoms with Crippen LogP contribution in [0.3, 0.4) is 0 Å². The second kappa shape index (κ2) is 10.5. The number of fused-ring (bicyclic) bond motifs is 1. The standard InChI is InChI=1S/C25H22ClF3N4O3S/c26-18-3-1-16(20(13-18)25(27,28)29)12-19(15-2-4-21-17(11-15)14-30-31-21)22-23(34)33(24(35)37-22)6-5-32-7-9-36-10-8-32/h1-4,11,13-14H,5-10,12H2,(H,30,31)/b22-19-. The van der Waals surface area contributed by atoms with E-state index in [1.54, 1.807) is 24.4 Å². The fourth-order valence-corrected chi connectivity index (χ4v) is 5.58. The zero-order valence-corrected chi connectivity index (χ0v) is 21.1. The Hall–Kier alpha value is -2.86. The average molecular weight is 551 g/mol. The van der Waals surface area contributed by atoms with Gasteiger partial charge in [0.15, 0.2) is 0 Å². The van der Waals surface area contributed by atoms with Crippen molar-refractivity contribution in [3.05, 3.63) is 69.2 Å². The number of H-pyrrole nitrogens is 1. The number of benzene rings is 2. The van der Waals surface area contributed by atoms with Crippen LogP contribution in [-0.2, 0) is 22.1 Å². The summed E-state index contributed by atoms with van der Waals surface area (Å²) < 4.78 is 46.9. The van der Waals surface area contributed by atoms with Gasteiger partial charge in [0.2, 0.25) is 0 Å². The summed E-state index contributed by atoms with van der Waals surface area (Å²) >= 11 is 6.63. The third kappa shape index (κ3) is 5.54. The fraction of sp³-hybridized carbons (Fsp3) is 0.320. The predicted molar refractivity (Wildman–Crippen MR) is 135 cm³/mol. The number of thioether (sulfide) groups is 1. The minimum atomic E-state index is -4.64. The van der Waals surface area contributed by atoms with Crippen LogP contribution in [0.5, 0.6) is 0 Å². The predicted octanol–water partition coefficient (Wildman–Crippen LogP) is 5.22. The van der Waals surface area contributed by atoms with Gasteiger partial charge in [-0.05, 0) is 59.1 Å². The fourth-order valence-electron chi connectivity index (χ4n) is 4.44. The second-order valence-electron chi connectivity index (χ2n) is 8.73. The van der Waals surface area contributed by atoms with E-state index in [2.05, 4.69) is 15.1 Å². The van der Waals surface area contributed by atoms with Crippen molar-refractivity contribution in [2.45, 2.75) is 12.6 Å². The summed E-state index contributed by atoms with van der Waals surface area (Å²) in [5.74, 6) is -0.506. The van der Waals surface area contributed by atoms with Crippen molar-refractivity contribution in [2.75, 3.05) is 39.4 Å². The molecule has 1 N–H and O–H groups in total. The van der Waals surface area contributed by atoms with Gasteiger partial charge in [-0.15, -0.1) is 0 Å². The molecule has 3 aromatic rings. The lowest BCUT2D eigenvalue weighted by Crippen LogP contribution is -2.42. The number of carbonyl (C=O) groups excluding carboxylic acids is 2. The minimum Gasteiger partial charge on any atom is -0.379 e. The maximum Gasteiger partial charge on any atom is 0.416 e. The summed E-state index contributed by atoms with van der Waals surface area (Å²) in [6.07, 6.45) is -3.26. The smallest absolute Gasteiger partial charge is 0.379 e. The number of allylic oxidation sites excluding steroid dienone is 1. The van der Waals surface area contributed by atoms with E-state index in [1.165, 1.54) is 17.0 Å². The van der Waals surface area contributed by atoms with Gasteiger partial charge in [-0.3, -0.25) is 24.5 Å². The van der Waals surface area contributed by atoms with E-state index in [-0.39, 0.29) is 28.5 Å². The lowest BCUT2D eigenvalue weighted by Gasteiger charge is -2.27. The van der Waals surface area contributed by atoms with Crippen molar-refractivity contribution in [3.63, 3.8) is 0 Å². The molecule has 2 aromatic carbocycles. The van der Waals surface area contributed by atoms with Gasteiger partial charge < -0.3 is 4.74 Å². The number of alkyl halides is 3. The van der Waals surface area contributed by atoms with E-state index in [0.29, 0.717) is 44.0 Å². The molecular weight excluding hydrogens is 529 g/mol. The van der Waals surface area contributed by atoms with Crippen molar-refractivity contribution < 1.29 is 27.5 Å². The highest BCUT2D eigenvalue weighted by atomic mass is 35.5. The van der Waals surface area contributed by atoms with E-state index in [1.807, 2.05) is 0 Å². The molecule has 0 bridgehead atoms. The summed E-state index contributed by atoms with van der Waals surface area (Å²) in [6.45, 7) is 3.28. The van der Waals surface area contributed by atoms with Crippen molar-refractivity contribution in [1.82, 2.24) is 20.0 Å². The number of nitrogens with one attached hydrogen (secondary N) is 1. The summed E-state index contributed by atoms with van der Waals surface area (Å²) in [7, 11) is 0. The third-order valence-corrected chi connectivity index (χ3v) is 7.66. The van der Waals surface area contributed by atoms with Crippen LogP contribution in [0, 0.1) is 0 Å². The monoisotopic (exact) mass is 550 g/mol. The van der Waals surface area contributed by atoms with Gasteiger partial charge in [-0.25, -0.2) is 0 Å². The number of ether oxygens (including phenoxy) is 1. The number of aromatic amines is 1. The molecule has 194 valence electrons. The molecule has 0 aliphatic carbocycles. The van der Waals surface area contributed by atoms with Crippen LogP contribution in [0.4, 0.5) is 18.0 Å². The van der Waals surface area contributed by atoms with E-state index in [4.69, 9.17) is 16.3 Å². The zero-order valence-electron chi connectivity index (χ0n) is 19.5. The molecular formula is C25H22ClF3N4O3S. The molecule has 0 saturated carbocycles. The Balaban J connectivity index is 1.53. The van der Waals surface area contributed by atoms with E-state index < -0.39 is 22.9 Å². The Kier molecular flexibility index (Phi) is 7.30. The summed E-state index contributed by atoms with van der Waals surface area (Å²) in [5.41, 5.74) is 0.695. The molecule has 2 aliphatic rings. The number of nitrogens with zero attached hydrogens (tertiary/aromatic N) is 3. The molecule has 37 heavy (non-hydrogen) atoms. The zero-order chi connectivity index (χ0) is 26.2. The quantitative estimate of drug-likeness (QED) is 0.424. The van der Waals surface area contributed by atoms with Gasteiger partial charge in [-0.2, -0.15) is 18.3 Å². The molecule has 0 radical (unpaired) electrons. The van der Waals surface area contributed by atoms with Crippen LogP contribution in [0.25, 0.3) is 16.5 Å². The number of morpholine rings is 1. The molecule has 2 saturated heterocycles. The van der Waals surface area contributed by atoms with Crippen molar-refractivity contribution in [3.8, 4) is 0 Å². The highest BCUT2D eigenvalue weighted by molar-refractivity contribution is 8.18. The van der Waals surface area contributed by atoms with E-state index >= 15 is 0 Å². The lowest BCUT2D eigenvalue weighted by atomic mass is 9.93. The summed E-state index contributed by atoms with van der Waals surface area (Å²) in [6, 6.07) is 8.77. The van der Waals surface area contributed by atoms with Gasteiger partial charge in [-0.1, -0.05) is 23.7 Å². The Morgan fingerprint density at radius 3 is 2.65 bits per heavy atom. The molecule has 3 heterocycles. The minimum absolute atomic E-state index is 0.0409. The Morgan fingerprint density at radius 1 is 1.11 bits per heavy atom. The molecule has 5 rings (SSSR count). The average Bonchev–Trinajstić information content (AvgIpc) is 3.45. The topological polar surface area (TPSA) is 78.5 Å². The van der Waals surface area contributed by atoms with Gasteiger partial charge in [0.1, 0.15) is 0 Å². The Morgan fingerprint density at radius 2 is 1.89 bits per heavy atom. The number of aromatic nitrogens is 2. The molecule has 12 heteroatoms. The van der Waals surface area contributed by atoms with E-state index in [9.17, 15) is 22.8 Å². The maximum atomic E-state index is 13.9. The van der Waals surface area contributed by atoms with Gasteiger partial charge in [0.25, 0.3) is 11.1 Å². The number of halogens is 4. The Bertz CT molecular complexity index is 1390. The molecule has 0 unspecified atom stereocenters. The molecule has 2 amide bonds. The molecule has 7 nitrogen and oxygen atoms in total. The molecule has 2 fully saturated rings. The maximum absolute atomic E-state index is 13.9. The largest absolute Gasteiger partial charge is 0.416 e. The lowest BCUT2D eigenvalue weighted by molar-refractivity contribution is -0.138. The SMILES string of the molecule is O=C1S/C(=C(/Cc2ccc(Cl)cc2C(F)(F)F)c2ccc3[nH]ncc3c2)C(=O)N1CCN1CCOCC1. The number of carbonyl (C=O) groups is 2. The number of hydrogen-bond acceptors (Lipinski definition) is 6. The number of imide groups is 1. The molecule has 1 aromatic heterocycles. The second-order valence-corrected chi connectivity index (χ2v) is 10.1. The molecule has 0 atom stereocenters. The third-order valence-electron chi connectivity index (χ3n) is 6.40. The highest BCUT2D eigenvalue weighted by Crippen LogP contribution is 2.41. The number of amides is 2. The first kappa shape index (κ1) is 25.8. The van der Waals surface area contributed by atoms with Crippen LogP contribution in [0.15, 0.2) is 47.5 Å². The first-order valence-electron chi connectivity index (χ1n) is 11.6. The van der Waals surface area contributed by atoms with Crippen LogP contribution in [0.2, 0.25) is 5.02 Å². The van der Waals surface area contributed by atoms with E-state index in [0.717, 1.165) is 28.7 Å². The van der Waals surface area contributed by atoms with Crippen molar-refractivity contribution >= 4 is 51.0 Å². The normalized spacial score (nSPS) is 18.8. The van der Waals surface area contributed by atoms with Crippen molar-refractivity contribution in [1.29, 1.82) is 0 Å². The molecule has 2 aliphatic heterocycles. The van der Waals surface area contributed by atoms with Gasteiger partial charge >= 0.3 is 6.18 Å². The number of rotatable bonds is 6. The highest BCUT2D eigenvalue weighted by Gasteiger charge is 2.39. The first-order chi connectivity index (χ1) is 17.7. The van der Waals surface area contributed by atoms with Gasteiger partial charge in [0.05, 0.1) is 35.4 Å². The van der Waals surface area contributed by atoms with Crippen LogP contribution < -0.4 is 0 Å². The summed E-state index contributed by atoms with van der Waals surface area (Å²) in [5, 5.41) is 7.08. The molecule has 0 spiro atoms. The summed E-state index contributed by atoms with van der Waals surface area (Å²) in [4.78, 5) is 29.7. The van der Waals surface area contributed by atoms with Crippen LogP contribution in [-0.4, -0.2) is 70.5 Å². The van der Waals surface area contributed by atoms with Crippen molar-refractivity contribution in [2.24, 2.45) is 0 Å². The van der Waals surface area contributed by atoms with Crippen LogP contribution >= 0.6 is 23.4 Å². The first-order valence-corrected chi connectivity index (χ1v) is 12.8. The Labute approximate surface area is 219 Å².